The van der Waals surface area contributed by atoms with Crippen molar-refractivity contribution in [1.29, 1.82) is 0 Å². The Balaban J connectivity index is 4.51. The standard InChI is InChI=1S/C77H120O6/c1-4-7-10-13-16-19-22-25-28-30-32-34-36-37-38-39-41-42-44-46-49-52-55-58-61-64-67-70-76(79)82-73-74(72-81-75(78)69-66-63-60-57-54-51-48-27-24-21-18-15-12-9-6-3)83-77(80)71-68-65-62-59-56-53-50-47-45-43-40-35-33-31-29-26-23-20-17-14-11-8-5-2/h7-8,10-11,16-21,25-29,32-35,37-38,41-43,45,48,50,53,59,62,74H,4-6,9,12-15,22-24,30-31,36,39-40,44,46-47,49,51-52,54-58,60-61,63-73H2,1-3H3/b10-7-,11-8-,19-16-,20-17-,21-18-,28-25-,29-26-,34-32-,35-33-,38-37-,42-41-,45-43-,48-27-,53-50-,62-59-. The van der Waals surface area contributed by atoms with Crippen LogP contribution in [0.1, 0.15) is 265 Å². The van der Waals surface area contributed by atoms with Crippen molar-refractivity contribution < 1.29 is 28.6 Å². The van der Waals surface area contributed by atoms with E-state index >= 15 is 0 Å². The fourth-order valence-corrected chi connectivity index (χ4v) is 8.46. The minimum absolute atomic E-state index is 0.119. The van der Waals surface area contributed by atoms with Crippen LogP contribution in [-0.2, 0) is 28.6 Å². The number of rotatable bonds is 58. The van der Waals surface area contributed by atoms with Crippen molar-refractivity contribution in [2.24, 2.45) is 0 Å². The van der Waals surface area contributed by atoms with Crippen molar-refractivity contribution in [3.8, 4) is 0 Å². The second-order valence-electron chi connectivity index (χ2n) is 21.3. The zero-order chi connectivity index (χ0) is 59.9. The molecular weight excluding hydrogens is 1020 g/mol. The summed E-state index contributed by atoms with van der Waals surface area (Å²) in [4.78, 5) is 38.4. The first-order valence-electron chi connectivity index (χ1n) is 33.3. The molecule has 0 aliphatic carbocycles. The maximum Gasteiger partial charge on any atom is 0.306 e. The van der Waals surface area contributed by atoms with E-state index in [-0.39, 0.29) is 37.5 Å². The van der Waals surface area contributed by atoms with Gasteiger partial charge in [0.25, 0.3) is 0 Å². The normalized spacial score (nSPS) is 13.3. The van der Waals surface area contributed by atoms with Crippen molar-refractivity contribution in [3.05, 3.63) is 182 Å². The van der Waals surface area contributed by atoms with Crippen molar-refractivity contribution in [2.45, 2.75) is 271 Å². The van der Waals surface area contributed by atoms with Gasteiger partial charge in [0.2, 0.25) is 0 Å². The van der Waals surface area contributed by atoms with Crippen LogP contribution in [0.5, 0.6) is 0 Å². The van der Waals surface area contributed by atoms with E-state index in [1.165, 1.54) is 57.8 Å². The molecule has 0 aromatic heterocycles. The lowest BCUT2D eigenvalue weighted by atomic mass is 10.1. The van der Waals surface area contributed by atoms with Crippen LogP contribution in [0.2, 0.25) is 0 Å². The Kier molecular flexibility index (Phi) is 64.4. The largest absolute Gasteiger partial charge is 0.462 e. The number of esters is 3. The maximum atomic E-state index is 12.9. The molecule has 1 atom stereocenters. The van der Waals surface area contributed by atoms with Gasteiger partial charge in [0.05, 0.1) is 0 Å². The van der Waals surface area contributed by atoms with Gasteiger partial charge in [-0.05, 0) is 154 Å². The zero-order valence-electron chi connectivity index (χ0n) is 53.1. The number of carbonyl (C=O) groups excluding carboxylic acids is 3. The Labute approximate surface area is 510 Å². The summed E-state index contributed by atoms with van der Waals surface area (Å²) in [7, 11) is 0. The third kappa shape index (κ3) is 67.2. The van der Waals surface area contributed by atoms with E-state index in [9.17, 15) is 14.4 Å². The molecule has 0 spiro atoms. The molecule has 0 saturated heterocycles. The summed E-state index contributed by atoms with van der Waals surface area (Å²) in [5, 5.41) is 0. The van der Waals surface area contributed by atoms with E-state index in [1.54, 1.807) is 0 Å². The Morgan fingerprint density at radius 3 is 0.771 bits per heavy atom. The molecule has 0 aromatic carbocycles. The van der Waals surface area contributed by atoms with E-state index < -0.39 is 6.10 Å². The van der Waals surface area contributed by atoms with Gasteiger partial charge in [-0.3, -0.25) is 14.4 Å². The van der Waals surface area contributed by atoms with Gasteiger partial charge >= 0.3 is 17.9 Å². The van der Waals surface area contributed by atoms with Crippen molar-refractivity contribution in [3.63, 3.8) is 0 Å². The SMILES string of the molecule is CC/C=C\C/C=C\C/C=C\C/C=C\C/C=C\C/C=C\C/C=C\CCCC(=O)OC(COC(=O)CCCCCCC/C=C\C/C=C\CCCCC)COC(=O)CCCCCCCCCC/C=C\C/C=C\C/C=C\C/C=C\C/C=C\C/C=C\CC. The average Bonchev–Trinajstić information content (AvgIpc) is 3.49. The average molecular weight is 1140 g/mol. The monoisotopic (exact) mass is 1140 g/mol. The lowest BCUT2D eigenvalue weighted by Gasteiger charge is -2.18. The predicted molar refractivity (Wildman–Crippen MR) is 361 cm³/mol. The molecule has 0 N–H and O–H groups in total. The second kappa shape index (κ2) is 69.0. The molecule has 6 nitrogen and oxygen atoms in total. The number of hydrogen-bond donors (Lipinski definition) is 0. The van der Waals surface area contributed by atoms with Crippen LogP contribution in [0, 0.1) is 0 Å². The number of hydrogen-bond acceptors (Lipinski definition) is 6. The first-order valence-corrected chi connectivity index (χ1v) is 33.3. The number of allylic oxidation sites excluding steroid dienone is 30. The van der Waals surface area contributed by atoms with Crippen molar-refractivity contribution >= 4 is 17.9 Å². The van der Waals surface area contributed by atoms with Gasteiger partial charge < -0.3 is 14.2 Å². The summed E-state index contributed by atoms with van der Waals surface area (Å²) >= 11 is 0. The van der Waals surface area contributed by atoms with Crippen LogP contribution >= 0.6 is 0 Å². The molecule has 0 bridgehead atoms. The van der Waals surface area contributed by atoms with Crippen molar-refractivity contribution in [2.75, 3.05) is 13.2 Å². The molecule has 0 amide bonds. The minimum Gasteiger partial charge on any atom is -0.462 e. The van der Waals surface area contributed by atoms with Crippen LogP contribution < -0.4 is 0 Å². The van der Waals surface area contributed by atoms with Crippen LogP contribution in [-0.4, -0.2) is 37.2 Å². The van der Waals surface area contributed by atoms with Gasteiger partial charge in [-0.2, -0.15) is 0 Å². The second-order valence-corrected chi connectivity index (χ2v) is 21.3. The summed E-state index contributed by atoms with van der Waals surface area (Å²) in [6.45, 7) is 6.31. The first-order chi connectivity index (χ1) is 41.0. The Hall–Kier alpha value is -5.49. The third-order valence-electron chi connectivity index (χ3n) is 13.4. The molecule has 1 unspecified atom stereocenters. The maximum absolute atomic E-state index is 12.9. The van der Waals surface area contributed by atoms with Gasteiger partial charge in [0.15, 0.2) is 6.10 Å². The van der Waals surface area contributed by atoms with Crippen LogP contribution in [0.15, 0.2) is 182 Å². The molecule has 0 fully saturated rings. The molecular formula is C77H120O6. The van der Waals surface area contributed by atoms with Crippen LogP contribution in [0.25, 0.3) is 0 Å². The summed E-state index contributed by atoms with van der Waals surface area (Å²) < 4.78 is 16.9. The highest BCUT2D eigenvalue weighted by Crippen LogP contribution is 2.14. The predicted octanol–water partition coefficient (Wildman–Crippen LogP) is 23.2. The highest BCUT2D eigenvalue weighted by atomic mass is 16.6. The molecule has 0 radical (unpaired) electrons. The quantitative estimate of drug-likeness (QED) is 0.0261. The van der Waals surface area contributed by atoms with Gasteiger partial charge in [-0.1, -0.05) is 274 Å². The van der Waals surface area contributed by atoms with Gasteiger partial charge in [0.1, 0.15) is 13.2 Å². The topological polar surface area (TPSA) is 78.9 Å². The highest BCUT2D eigenvalue weighted by Gasteiger charge is 2.19. The van der Waals surface area contributed by atoms with Crippen LogP contribution in [0.4, 0.5) is 0 Å². The first kappa shape index (κ1) is 77.5. The molecule has 0 saturated carbocycles. The fourth-order valence-electron chi connectivity index (χ4n) is 8.46. The smallest absolute Gasteiger partial charge is 0.306 e. The van der Waals surface area contributed by atoms with Gasteiger partial charge in [-0.25, -0.2) is 0 Å². The van der Waals surface area contributed by atoms with E-state index in [1.807, 2.05) is 0 Å². The zero-order valence-corrected chi connectivity index (χ0v) is 53.1. The number of carbonyl (C=O) groups is 3. The van der Waals surface area contributed by atoms with Crippen LogP contribution in [0.3, 0.4) is 0 Å². The Morgan fingerprint density at radius 1 is 0.253 bits per heavy atom. The molecule has 83 heavy (non-hydrogen) atoms. The summed E-state index contributed by atoms with van der Waals surface area (Å²) in [6, 6.07) is 0. The molecule has 464 valence electrons. The van der Waals surface area contributed by atoms with Crippen molar-refractivity contribution in [1.82, 2.24) is 0 Å². The molecule has 6 heteroatoms. The number of ether oxygens (including phenoxy) is 3. The molecule has 0 heterocycles. The summed E-state index contributed by atoms with van der Waals surface area (Å²) in [6.07, 6.45) is 103. The van der Waals surface area contributed by atoms with E-state index in [0.717, 1.165) is 161 Å². The molecule has 0 rings (SSSR count). The van der Waals surface area contributed by atoms with E-state index in [0.29, 0.717) is 19.3 Å². The highest BCUT2D eigenvalue weighted by molar-refractivity contribution is 5.71. The third-order valence-corrected chi connectivity index (χ3v) is 13.4. The van der Waals surface area contributed by atoms with E-state index in [2.05, 4.69) is 203 Å². The van der Waals surface area contributed by atoms with Gasteiger partial charge in [-0.15, -0.1) is 0 Å². The number of unbranched alkanes of at least 4 members (excludes halogenated alkanes) is 17. The van der Waals surface area contributed by atoms with Gasteiger partial charge in [0, 0.05) is 19.3 Å². The molecule has 0 aliphatic rings. The lowest BCUT2D eigenvalue weighted by molar-refractivity contribution is -0.167. The Bertz CT molecular complexity index is 1940. The molecule has 0 aromatic rings. The molecule has 0 aliphatic heterocycles. The fraction of sp³-hybridized carbons (Fsp3) is 0.571. The lowest BCUT2D eigenvalue weighted by Crippen LogP contribution is -2.30. The summed E-state index contributed by atoms with van der Waals surface area (Å²) in [5.41, 5.74) is 0. The minimum atomic E-state index is -0.831. The van der Waals surface area contributed by atoms with E-state index in [4.69, 9.17) is 14.2 Å². The Morgan fingerprint density at radius 2 is 0.482 bits per heavy atom. The summed E-state index contributed by atoms with van der Waals surface area (Å²) in [5.74, 6) is -1.01.